The van der Waals surface area contributed by atoms with Crippen molar-refractivity contribution >= 4 is 27.6 Å². The maximum Gasteiger partial charge on any atom is 0.329 e. The predicted octanol–water partition coefficient (Wildman–Crippen LogP) is 1.71. The molecule has 0 radical (unpaired) electrons. The van der Waals surface area contributed by atoms with Crippen LogP contribution in [0.4, 0.5) is 5.69 Å². The SMILES string of the molecule is O=C(O)[C@H]1COc2cc(Br)ccc2N1. The molecule has 1 atom stereocenters. The van der Waals surface area contributed by atoms with E-state index in [9.17, 15) is 4.79 Å². The third-order valence-corrected chi connectivity index (χ3v) is 2.47. The van der Waals surface area contributed by atoms with Gasteiger partial charge in [-0.25, -0.2) is 4.79 Å². The number of anilines is 1. The fourth-order valence-electron chi connectivity index (χ4n) is 1.27. The molecule has 5 heteroatoms. The number of benzene rings is 1. The van der Waals surface area contributed by atoms with E-state index in [4.69, 9.17) is 9.84 Å². The summed E-state index contributed by atoms with van der Waals surface area (Å²) in [6.45, 7) is 0.152. The van der Waals surface area contributed by atoms with Gasteiger partial charge in [0.25, 0.3) is 0 Å². The number of carboxylic acid groups (broad SMARTS) is 1. The number of hydrogen-bond donors (Lipinski definition) is 2. The van der Waals surface area contributed by atoms with E-state index in [1.54, 1.807) is 12.1 Å². The largest absolute Gasteiger partial charge is 0.489 e. The van der Waals surface area contributed by atoms with Crippen molar-refractivity contribution in [3.63, 3.8) is 0 Å². The van der Waals surface area contributed by atoms with E-state index in [0.717, 1.165) is 4.47 Å². The van der Waals surface area contributed by atoms with Crippen molar-refractivity contribution in [2.45, 2.75) is 6.04 Å². The van der Waals surface area contributed by atoms with Gasteiger partial charge >= 0.3 is 5.97 Å². The van der Waals surface area contributed by atoms with Crippen LogP contribution in [0.3, 0.4) is 0 Å². The van der Waals surface area contributed by atoms with Gasteiger partial charge in [-0.05, 0) is 18.2 Å². The molecule has 0 saturated heterocycles. The summed E-state index contributed by atoms with van der Waals surface area (Å²) in [7, 11) is 0. The Labute approximate surface area is 89.0 Å². The second-order valence-corrected chi connectivity index (χ2v) is 3.90. The van der Waals surface area contributed by atoms with Crippen molar-refractivity contribution in [1.82, 2.24) is 0 Å². The molecule has 0 aromatic heterocycles. The highest BCUT2D eigenvalue weighted by atomic mass is 79.9. The van der Waals surface area contributed by atoms with Gasteiger partial charge in [-0.15, -0.1) is 0 Å². The van der Waals surface area contributed by atoms with Gasteiger partial charge in [-0.2, -0.15) is 0 Å². The van der Waals surface area contributed by atoms with Crippen molar-refractivity contribution in [3.05, 3.63) is 22.7 Å². The van der Waals surface area contributed by atoms with E-state index >= 15 is 0 Å². The lowest BCUT2D eigenvalue weighted by Gasteiger charge is -2.24. The Hall–Kier alpha value is -1.23. The second kappa shape index (κ2) is 3.49. The molecule has 0 spiro atoms. The number of halogens is 1. The minimum Gasteiger partial charge on any atom is -0.489 e. The first kappa shape index (κ1) is 9.33. The van der Waals surface area contributed by atoms with Gasteiger partial charge in [-0.3, -0.25) is 0 Å². The van der Waals surface area contributed by atoms with Crippen molar-refractivity contribution in [2.75, 3.05) is 11.9 Å². The molecule has 1 aromatic rings. The molecule has 1 aromatic carbocycles. The van der Waals surface area contributed by atoms with E-state index in [2.05, 4.69) is 21.2 Å². The molecule has 1 aliphatic rings. The summed E-state index contributed by atoms with van der Waals surface area (Å²) in [5.74, 6) is -0.226. The normalized spacial score (nSPS) is 19.1. The summed E-state index contributed by atoms with van der Waals surface area (Å²) in [4.78, 5) is 10.7. The molecule has 14 heavy (non-hydrogen) atoms. The highest BCUT2D eigenvalue weighted by molar-refractivity contribution is 9.10. The van der Waals surface area contributed by atoms with Crippen molar-refractivity contribution < 1.29 is 14.6 Å². The Kier molecular flexibility index (Phi) is 2.33. The molecule has 0 fully saturated rings. The van der Waals surface area contributed by atoms with Crippen LogP contribution in [-0.2, 0) is 4.79 Å². The Morgan fingerprint density at radius 1 is 1.64 bits per heavy atom. The van der Waals surface area contributed by atoms with Crippen LogP contribution in [0.1, 0.15) is 0 Å². The first-order chi connectivity index (χ1) is 6.66. The number of nitrogens with one attached hydrogen (secondary N) is 1. The second-order valence-electron chi connectivity index (χ2n) is 2.99. The molecule has 74 valence electrons. The van der Waals surface area contributed by atoms with Crippen LogP contribution in [-0.4, -0.2) is 23.7 Å². The number of carbonyl (C=O) groups is 1. The average molecular weight is 258 g/mol. The molecule has 0 amide bonds. The van der Waals surface area contributed by atoms with Crippen molar-refractivity contribution in [1.29, 1.82) is 0 Å². The van der Waals surface area contributed by atoms with Crippen LogP contribution in [0.15, 0.2) is 22.7 Å². The molecular formula is C9H8BrNO3. The summed E-state index contributed by atoms with van der Waals surface area (Å²) in [5.41, 5.74) is 0.715. The Morgan fingerprint density at radius 2 is 2.43 bits per heavy atom. The summed E-state index contributed by atoms with van der Waals surface area (Å²) in [6.07, 6.45) is 0. The number of rotatable bonds is 1. The van der Waals surface area contributed by atoms with Gasteiger partial charge in [0.15, 0.2) is 6.04 Å². The van der Waals surface area contributed by atoms with Crippen molar-refractivity contribution in [2.24, 2.45) is 0 Å². The molecule has 0 saturated carbocycles. The minimum atomic E-state index is -0.904. The van der Waals surface area contributed by atoms with E-state index in [0.29, 0.717) is 11.4 Å². The van der Waals surface area contributed by atoms with Gasteiger partial charge in [-0.1, -0.05) is 15.9 Å². The van der Waals surface area contributed by atoms with Crippen LogP contribution in [0.5, 0.6) is 5.75 Å². The summed E-state index contributed by atoms with van der Waals surface area (Å²) in [6, 6.07) is 4.76. The minimum absolute atomic E-state index is 0.152. The van der Waals surface area contributed by atoms with Gasteiger partial charge in [0.2, 0.25) is 0 Å². The lowest BCUT2D eigenvalue weighted by Crippen LogP contribution is -2.38. The van der Waals surface area contributed by atoms with Gasteiger partial charge in [0.1, 0.15) is 12.4 Å². The smallest absolute Gasteiger partial charge is 0.329 e. The molecule has 2 N–H and O–H groups in total. The Morgan fingerprint density at radius 3 is 3.14 bits per heavy atom. The zero-order valence-corrected chi connectivity index (χ0v) is 8.74. The number of carboxylic acids is 1. The molecule has 2 rings (SSSR count). The molecule has 0 aliphatic carbocycles. The number of aliphatic carboxylic acids is 1. The summed E-state index contributed by atoms with van der Waals surface area (Å²) < 4.78 is 6.21. The topological polar surface area (TPSA) is 58.6 Å². The average Bonchev–Trinajstić information content (AvgIpc) is 2.16. The van der Waals surface area contributed by atoms with Gasteiger partial charge in [0, 0.05) is 4.47 Å². The van der Waals surface area contributed by atoms with E-state index in [1.165, 1.54) is 0 Å². The molecular weight excluding hydrogens is 250 g/mol. The fourth-order valence-corrected chi connectivity index (χ4v) is 1.61. The summed E-state index contributed by atoms with van der Waals surface area (Å²) >= 11 is 3.31. The molecule has 0 unspecified atom stereocenters. The molecule has 4 nitrogen and oxygen atoms in total. The zero-order chi connectivity index (χ0) is 10.1. The predicted molar refractivity (Wildman–Crippen MR) is 54.7 cm³/mol. The zero-order valence-electron chi connectivity index (χ0n) is 7.16. The fraction of sp³-hybridized carbons (Fsp3) is 0.222. The van der Waals surface area contributed by atoms with Crippen LogP contribution in [0.25, 0.3) is 0 Å². The van der Waals surface area contributed by atoms with Gasteiger partial charge in [0.05, 0.1) is 5.69 Å². The standard InChI is InChI=1S/C9H8BrNO3/c10-5-1-2-6-8(3-5)14-4-7(11-6)9(12)13/h1-3,7,11H,4H2,(H,12,13)/t7-/m1/s1. The highest BCUT2D eigenvalue weighted by Crippen LogP contribution is 2.31. The molecule has 1 heterocycles. The van der Waals surface area contributed by atoms with Crippen LogP contribution < -0.4 is 10.1 Å². The number of hydrogen-bond acceptors (Lipinski definition) is 3. The lowest BCUT2D eigenvalue weighted by molar-refractivity contribution is -0.138. The quantitative estimate of drug-likeness (QED) is 0.805. The monoisotopic (exact) mass is 257 g/mol. The Bertz CT molecular complexity index is 380. The third kappa shape index (κ3) is 1.68. The first-order valence-corrected chi connectivity index (χ1v) is 4.88. The lowest BCUT2D eigenvalue weighted by atomic mass is 10.2. The maximum atomic E-state index is 10.7. The highest BCUT2D eigenvalue weighted by Gasteiger charge is 2.24. The van der Waals surface area contributed by atoms with Crippen LogP contribution >= 0.6 is 15.9 Å². The summed E-state index contributed by atoms with van der Waals surface area (Å²) in [5, 5.41) is 11.6. The Balaban J connectivity index is 2.27. The molecule has 1 aliphatic heterocycles. The number of fused-ring (bicyclic) bond motifs is 1. The maximum absolute atomic E-state index is 10.7. The first-order valence-electron chi connectivity index (χ1n) is 4.08. The number of ether oxygens (including phenoxy) is 1. The van der Waals surface area contributed by atoms with Crippen molar-refractivity contribution in [3.8, 4) is 5.75 Å². The van der Waals surface area contributed by atoms with E-state index in [-0.39, 0.29) is 6.61 Å². The van der Waals surface area contributed by atoms with Gasteiger partial charge < -0.3 is 15.2 Å². The molecule has 0 bridgehead atoms. The van der Waals surface area contributed by atoms with E-state index in [1.807, 2.05) is 6.07 Å². The van der Waals surface area contributed by atoms with E-state index < -0.39 is 12.0 Å². The third-order valence-electron chi connectivity index (χ3n) is 1.98. The van der Waals surface area contributed by atoms with Crippen LogP contribution in [0.2, 0.25) is 0 Å². The van der Waals surface area contributed by atoms with Crippen LogP contribution in [0, 0.1) is 0 Å².